The maximum Gasteiger partial charge on any atom is 0.255 e. The minimum absolute atomic E-state index is 0.112. The van der Waals surface area contributed by atoms with E-state index in [0.29, 0.717) is 28.9 Å². The first-order valence-electron chi connectivity index (χ1n) is 10.0. The molecule has 3 N–H and O–H groups in total. The molecule has 162 valence electrons. The predicted octanol–water partition coefficient (Wildman–Crippen LogP) is 1.27. The van der Waals surface area contributed by atoms with E-state index in [1.165, 1.54) is 0 Å². The van der Waals surface area contributed by atoms with Gasteiger partial charge in [-0.05, 0) is 43.7 Å². The molecule has 1 aliphatic heterocycles. The Hall–Kier alpha value is -4.28. The van der Waals surface area contributed by atoms with Gasteiger partial charge in [0.25, 0.3) is 5.91 Å². The number of fused-ring (bicyclic) bond motifs is 2. The number of anilines is 1. The van der Waals surface area contributed by atoms with E-state index in [0.717, 1.165) is 16.8 Å². The molecule has 32 heavy (non-hydrogen) atoms. The monoisotopic (exact) mass is 432 g/mol. The molecule has 0 spiro atoms. The van der Waals surface area contributed by atoms with Gasteiger partial charge in [0.2, 0.25) is 5.91 Å². The van der Waals surface area contributed by atoms with Crippen molar-refractivity contribution < 1.29 is 14.3 Å². The largest absolute Gasteiger partial charge is 0.484 e. The summed E-state index contributed by atoms with van der Waals surface area (Å²) in [6.07, 6.45) is 0.290. The van der Waals surface area contributed by atoms with E-state index in [2.05, 4.69) is 25.7 Å². The maximum atomic E-state index is 12.6. The summed E-state index contributed by atoms with van der Waals surface area (Å²) in [6.45, 7) is 3.53. The van der Waals surface area contributed by atoms with Gasteiger partial charge in [0.05, 0.1) is 5.69 Å². The van der Waals surface area contributed by atoms with Gasteiger partial charge in [0.1, 0.15) is 11.6 Å². The quantitative estimate of drug-likeness (QED) is 0.483. The van der Waals surface area contributed by atoms with Gasteiger partial charge in [-0.25, -0.2) is 0 Å². The van der Waals surface area contributed by atoms with E-state index in [9.17, 15) is 9.59 Å². The number of rotatable bonds is 5. The molecule has 0 fully saturated rings. The van der Waals surface area contributed by atoms with Gasteiger partial charge in [0.15, 0.2) is 23.9 Å². The molecule has 1 aliphatic rings. The van der Waals surface area contributed by atoms with Crippen LogP contribution in [0.5, 0.6) is 5.75 Å². The minimum Gasteiger partial charge on any atom is -0.484 e. The van der Waals surface area contributed by atoms with Crippen molar-refractivity contribution in [1.82, 2.24) is 29.6 Å². The second kappa shape index (κ2) is 7.45. The summed E-state index contributed by atoms with van der Waals surface area (Å²) < 4.78 is 8.60. The van der Waals surface area contributed by atoms with Crippen LogP contribution in [0, 0.1) is 13.8 Å². The highest BCUT2D eigenvalue weighted by Crippen LogP contribution is 2.40. The average Bonchev–Trinajstić information content (AvgIpc) is 3.31. The lowest BCUT2D eigenvalue weighted by Gasteiger charge is -2.24. The number of carbonyl (C=O) groups is 2. The van der Waals surface area contributed by atoms with Crippen LogP contribution < -0.4 is 15.8 Å². The highest BCUT2D eigenvalue weighted by atomic mass is 16.5. The molecule has 0 saturated carbocycles. The highest BCUT2D eigenvalue weighted by molar-refractivity contribution is 5.95. The molecule has 4 aromatic rings. The number of benzene rings is 1. The third kappa shape index (κ3) is 3.33. The number of hydrogen-bond acceptors (Lipinski definition) is 7. The van der Waals surface area contributed by atoms with Crippen molar-refractivity contribution in [2.24, 2.45) is 5.73 Å². The van der Waals surface area contributed by atoms with E-state index >= 15 is 0 Å². The number of ether oxygens (including phenoxy) is 1. The van der Waals surface area contributed by atoms with E-state index in [-0.39, 0.29) is 24.9 Å². The van der Waals surface area contributed by atoms with Gasteiger partial charge in [-0.3, -0.25) is 9.59 Å². The summed E-state index contributed by atoms with van der Waals surface area (Å²) in [5.74, 6) is 1.48. The smallest absolute Gasteiger partial charge is 0.255 e. The third-order valence-corrected chi connectivity index (χ3v) is 5.39. The van der Waals surface area contributed by atoms with Crippen molar-refractivity contribution in [3.05, 3.63) is 59.0 Å². The Morgan fingerprint density at radius 1 is 1.16 bits per heavy atom. The van der Waals surface area contributed by atoms with Crippen molar-refractivity contribution in [3.8, 4) is 11.6 Å². The van der Waals surface area contributed by atoms with Gasteiger partial charge in [-0.1, -0.05) is 12.1 Å². The number of nitrogens with two attached hydrogens (primary N) is 1. The van der Waals surface area contributed by atoms with Crippen LogP contribution in [-0.4, -0.2) is 48.0 Å². The molecule has 4 heterocycles. The number of amides is 2. The SMILES string of the molecule is Cc1nn(-c2ccc3nnc(C)n3n2)c2c1[C@@H](c1ccc(OCC(N)=O)cc1)CC(=O)N2. The Morgan fingerprint density at radius 3 is 2.69 bits per heavy atom. The molecule has 0 aliphatic carbocycles. The number of nitrogens with zero attached hydrogens (tertiary/aromatic N) is 6. The number of carbonyl (C=O) groups excluding carboxylic acids is 2. The minimum atomic E-state index is -0.542. The Labute approximate surface area is 182 Å². The van der Waals surface area contributed by atoms with Crippen LogP contribution in [0.2, 0.25) is 0 Å². The lowest BCUT2D eigenvalue weighted by atomic mass is 9.86. The Bertz CT molecular complexity index is 1360. The summed E-state index contributed by atoms with van der Waals surface area (Å²) in [7, 11) is 0. The molecule has 0 bridgehead atoms. The van der Waals surface area contributed by atoms with Gasteiger partial charge in [-0.2, -0.15) is 14.3 Å². The summed E-state index contributed by atoms with van der Waals surface area (Å²) in [6, 6.07) is 10.9. The van der Waals surface area contributed by atoms with Crippen molar-refractivity contribution in [2.45, 2.75) is 26.2 Å². The number of aromatic nitrogens is 6. The fraction of sp³-hybridized carbons (Fsp3) is 0.238. The molecule has 11 nitrogen and oxygen atoms in total. The lowest BCUT2D eigenvalue weighted by molar-refractivity contribution is -0.120. The Kier molecular flexibility index (Phi) is 4.58. The van der Waals surface area contributed by atoms with Crippen molar-refractivity contribution >= 4 is 23.3 Å². The fourth-order valence-corrected chi connectivity index (χ4v) is 3.95. The van der Waals surface area contributed by atoms with Crippen LogP contribution in [0.1, 0.15) is 35.0 Å². The first-order chi connectivity index (χ1) is 15.4. The van der Waals surface area contributed by atoms with Crippen LogP contribution in [0.3, 0.4) is 0 Å². The van der Waals surface area contributed by atoms with E-state index in [4.69, 9.17) is 10.5 Å². The Morgan fingerprint density at radius 2 is 1.94 bits per heavy atom. The van der Waals surface area contributed by atoms with Crippen LogP contribution >= 0.6 is 0 Å². The normalized spacial score (nSPS) is 15.4. The topological polar surface area (TPSA) is 142 Å². The van der Waals surface area contributed by atoms with Gasteiger partial charge in [-0.15, -0.1) is 15.3 Å². The first kappa shape index (κ1) is 19.7. The summed E-state index contributed by atoms with van der Waals surface area (Å²) in [5.41, 5.74) is 8.41. The predicted molar refractivity (Wildman–Crippen MR) is 114 cm³/mol. The first-order valence-corrected chi connectivity index (χ1v) is 10.0. The van der Waals surface area contributed by atoms with Crippen LogP contribution in [0.15, 0.2) is 36.4 Å². The van der Waals surface area contributed by atoms with E-state index in [1.807, 2.05) is 26.0 Å². The standard InChI is InChI=1S/C21H20N8O3/c1-11-20-15(13-3-5-14(6-4-13)32-10-16(22)30)9-19(31)23-21(20)29(26-11)18-8-7-17-25-24-12(2)28(17)27-18/h3-8,15H,9-10H2,1-2H3,(H2,22,30)(H,23,31)/t15-/m1/s1. The molecular formula is C21H20N8O3. The van der Waals surface area contributed by atoms with Crippen LogP contribution in [0.25, 0.3) is 11.5 Å². The maximum absolute atomic E-state index is 12.6. The zero-order chi connectivity index (χ0) is 22.4. The molecule has 1 atom stereocenters. The molecule has 0 radical (unpaired) electrons. The van der Waals surface area contributed by atoms with Crippen LogP contribution in [-0.2, 0) is 9.59 Å². The number of aryl methyl sites for hydroxylation is 2. The number of nitrogens with one attached hydrogen (secondary N) is 1. The molecule has 0 saturated heterocycles. The van der Waals surface area contributed by atoms with Crippen molar-refractivity contribution in [3.63, 3.8) is 0 Å². The van der Waals surface area contributed by atoms with E-state index < -0.39 is 5.91 Å². The molecule has 1 aromatic carbocycles. The summed E-state index contributed by atoms with van der Waals surface area (Å²) in [4.78, 5) is 23.5. The zero-order valence-electron chi connectivity index (χ0n) is 17.4. The summed E-state index contributed by atoms with van der Waals surface area (Å²) >= 11 is 0. The second-order valence-corrected chi connectivity index (χ2v) is 7.60. The number of primary amides is 1. The lowest BCUT2D eigenvalue weighted by Crippen LogP contribution is -2.25. The fourth-order valence-electron chi connectivity index (χ4n) is 3.95. The van der Waals surface area contributed by atoms with Crippen LogP contribution in [0.4, 0.5) is 5.82 Å². The molecule has 3 aromatic heterocycles. The Balaban J connectivity index is 1.54. The second-order valence-electron chi connectivity index (χ2n) is 7.60. The molecule has 2 amide bonds. The summed E-state index contributed by atoms with van der Waals surface area (Å²) in [5, 5.41) is 20.3. The highest BCUT2D eigenvalue weighted by Gasteiger charge is 2.33. The van der Waals surface area contributed by atoms with E-state index in [1.54, 1.807) is 33.5 Å². The molecule has 11 heteroatoms. The third-order valence-electron chi connectivity index (χ3n) is 5.39. The molecule has 0 unspecified atom stereocenters. The average molecular weight is 432 g/mol. The van der Waals surface area contributed by atoms with Crippen molar-refractivity contribution in [1.29, 1.82) is 0 Å². The number of hydrogen-bond donors (Lipinski definition) is 2. The van der Waals surface area contributed by atoms with Gasteiger partial charge < -0.3 is 15.8 Å². The van der Waals surface area contributed by atoms with Crippen molar-refractivity contribution in [2.75, 3.05) is 11.9 Å². The van der Waals surface area contributed by atoms with Gasteiger partial charge >= 0.3 is 0 Å². The molecule has 5 rings (SSSR count). The zero-order valence-corrected chi connectivity index (χ0v) is 17.4. The van der Waals surface area contributed by atoms with Gasteiger partial charge in [0, 0.05) is 17.9 Å². The molecular weight excluding hydrogens is 412 g/mol.